The van der Waals surface area contributed by atoms with Gasteiger partial charge in [-0.1, -0.05) is 48.5 Å². The molecule has 0 atom stereocenters. The molecule has 4 nitrogen and oxygen atoms in total. The van der Waals surface area contributed by atoms with Crippen LogP contribution in [-0.2, 0) is 9.59 Å². The van der Waals surface area contributed by atoms with Crippen molar-refractivity contribution < 1.29 is 19.1 Å². The molecular weight excluding hydrogens is 328 g/mol. The van der Waals surface area contributed by atoms with Crippen LogP contribution in [0.15, 0.2) is 60.7 Å². The van der Waals surface area contributed by atoms with E-state index in [4.69, 9.17) is 9.47 Å². The lowest BCUT2D eigenvalue weighted by atomic mass is 9.93. The van der Waals surface area contributed by atoms with E-state index in [1.54, 1.807) is 6.07 Å². The van der Waals surface area contributed by atoms with Crippen molar-refractivity contribution in [2.45, 2.75) is 13.8 Å². The van der Waals surface area contributed by atoms with Crippen LogP contribution in [0.2, 0.25) is 0 Å². The van der Waals surface area contributed by atoms with Crippen molar-refractivity contribution in [1.82, 2.24) is 0 Å². The third-order valence-corrected chi connectivity index (χ3v) is 4.32. The van der Waals surface area contributed by atoms with Gasteiger partial charge in [0, 0.05) is 19.2 Å². The molecule has 0 N–H and O–H groups in total. The summed E-state index contributed by atoms with van der Waals surface area (Å²) in [6, 6.07) is 19.6. The van der Waals surface area contributed by atoms with Crippen LogP contribution in [0.25, 0.3) is 32.3 Å². The summed E-state index contributed by atoms with van der Waals surface area (Å²) < 4.78 is 10.8. The minimum absolute atomic E-state index is 0.237. The van der Waals surface area contributed by atoms with Gasteiger partial charge in [0.25, 0.3) is 0 Å². The van der Waals surface area contributed by atoms with Crippen molar-refractivity contribution in [3.05, 3.63) is 60.7 Å². The highest BCUT2D eigenvalue weighted by atomic mass is 16.6. The summed E-state index contributed by atoms with van der Waals surface area (Å²) in [5.41, 5.74) is 0. The molecule has 0 unspecified atom stereocenters. The molecule has 0 aliphatic heterocycles. The van der Waals surface area contributed by atoms with Crippen molar-refractivity contribution in [2.24, 2.45) is 0 Å². The molecule has 0 heterocycles. The largest absolute Gasteiger partial charge is 0.423 e. The Labute approximate surface area is 149 Å². The summed E-state index contributed by atoms with van der Waals surface area (Å²) in [7, 11) is 0. The highest BCUT2D eigenvalue weighted by Crippen LogP contribution is 2.44. The van der Waals surface area contributed by atoms with Gasteiger partial charge < -0.3 is 9.47 Å². The Morgan fingerprint density at radius 1 is 0.615 bits per heavy atom. The SMILES string of the molecule is CC(=O)Oc1ccc2c3ccccc3c3ccccc3c2c1OC(C)=O. The molecule has 0 aliphatic rings. The molecule has 4 heteroatoms. The van der Waals surface area contributed by atoms with E-state index in [1.165, 1.54) is 13.8 Å². The number of carbonyl (C=O) groups excluding carboxylic acids is 2. The Balaban J connectivity index is 2.24. The maximum absolute atomic E-state index is 11.7. The van der Waals surface area contributed by atoms with E-state index in [0.717, 1.165) is 32.3 Å². The molecule has 4 aromatic carbocycles. The molecule has 0 fully saturated rings. The molecule has 0 saturated carbocycles. The highest BCUT2D eigenvalue weighted by Gasteiger charge is 2.19. The Kier molecular flexibility index (Phi) is 3.81. The van der Waals surface area contributed by atoms with Crippen LogP contribution in [0.4, 0.5) is 0 Å². The number of benzene rings is 4. The normalized spacial score (nSPS) is 11.0. The average Bonchev–Trinajstić information content (AvgIpc) is 2.62. The number of ether oxygens (including phenoxy) is 2. The molecule has 0 spiro atoms. The van der Waals surface area contributed by atoms with Crippen LogP contribution >= 0.6 is 0 Å². The number of carbonyl (C=O) groups is 2. The quantitative estimate of drug-likeness (QED) is 0.292. The number of hydrogen-bond acceptors (Lipinski definition) is 4. The lowest BCUT2D eigenvalue weighted by Gasteiger charge is -2.16. The van der Waals surface area contributed by atoms with Crippen molar-refractivity contribution in [3.63, 3.8) is 0 Å². The smallest absolute Gasteiger partial charge is 0.308 e. The van der Waals surface area contributed by atoms with Gasteiger partial charge in [0.15, 0.2) is 11.5 Å². The molecular formula is C22H16O4. The third kappa shape index (κ3) is 2.56. The van der Waals surface area contributed by atoms with Gasteiger partial charge >= 0.3 is 11.9 Å². The van der Waals surface area contributed by atoms with E-state index in [0.29, 0.717) is 0 Å². The number of rotatable bonds is 2. The first kappa shape index (κ1) is 16.1. The number of esters is 2. The fourth-order valence-corrected chi connectivity index (χ4v) is 3.42. The van der Waals surface area contributed by atoms with E-state index in [1.807, 2.05) is 48.5 Å². The fraction of sp³-hybridized carbons (Fsp3) is 0.0909. The van der Waals surface area contributed by atoms with Crippen LogP contribution in [-0.4, -0.2) is 11.9 Å². The Morgan fingerprint density at radius 3 is 1.62 bits per heavy atom. The van der Waals surface area contributed by atoms with Crippen molar-refractivity contribution in [1.29, 1.82) is 0 Å². The van der Waals surface area contributed by atoms with E-state index < -0.39 is 11.9 Å². The van der Waals surface area contributed by atoms with Crippen molar-refractivity contribution >= 4 is 44.3 Å². The van der Waals surface area contributed by atoms with E-state index in [-0.39, 0.29) is 11.5 Å². The maximum atomic E-state index is 11.7. The van der Waals surface area contributed by atoms with Gasteiger partial charge in [-0.2, -0.15) is 0 Å². The average molecular weight is 344 g/mol. The molecule has 4 aromatic rings. The van der Waals surface area contributed by atoms with Crippen LogP contribution in [0, 0.1) is 0 Å². The Bertz CT molecular complexity index is 1160. The third-order valence-electron chi connectivity index (χ3n) is 4.32. The monoisotopic (exact) mass is 344 g/mol. The number of fused-ring (bicyclic) bond motifs is 6. The summed E-state index contributed by atoms with van der Waals surface area (Å²) in [5, 5.41) is 5.84. The van der Waals surface area contributed by atoms with E-state index in [9.17, 15) is 9.59 Å². The summed E-state index contributed by atoms with van der Waals surface area (Å²) in [5.74, 6) is -0.432. The van der Waals surface area contributed by atoms with Gasteiger partial charge in [-0.25, -0.2) is 0 Å². The van der Waals surface area contributed by atoms with E-state index >= 15 is 0 Å². The molecule has 0 aliphatic carbocycles. The van der Waals surface area contributed by atoms with Crippen LogP contribution < -0.4 is 9.47 Å². The first-order valence-electron chi connectivity index (χ1n) is 8.29. The predicted octanol–water partition coefficient (Wildman–Crippen LogP) is 5.00. The van der Waals surface area contributed by atoms with Gasteiger partial charge in [0.1, 0.15) is 0 Å². The second kappa shape index (κ2) is 6.15. The molecule has 0 saturated heterocycles. The highest BCUT2D eigenvalue weighted by molar-refractivity contribution is 6.27. The zero-order valence-corrected chi connectivity index (χ0v) is 14.4. The molecule has 128 valence electrons. The zero-order valence-electron chi connectivity index (χ0n) is 14.4. The second-order valence-electron chi connectivity index (χ2n) is 6.09. The fourth-order valence-electron chi connectivity index (χ4n) is 3.42. The summed E-state index contributed by atoms with van der Waals surface area (Å²) in [6.07, 6.45) is 0. The molecule has 0 amide bonds. The van der Waals surface area contributed by atoms with Crippen LogP contribution in [0.3, 0.4) is 0 Å². The Hall–Kier alpha value is -3.40. The summed E-state index contributed by atoms with van der Waals surface area (Å²) >= 11 is 0. The first-order valence-corrected chi connectivity index (χ1v) is 8.29. The number of hydrogen-bond donors (Lipinski definition) is 0. The van der Waals surface area contributed by atoms with Crippen LogP contribution in [0.5, 0.6) is 11.5 Å². The van der Waals surface area contributed by atoms with Crippen molar-refractivity contribution in [2.75, 3.05) is 0 Å². The molecule has 4 rings (SSSR count). The van der Waals surface area contributed by atoms with E-state index in [2.05, 4.69) is 6.07 Å². The van der Waals surface area contributed by atoms with Gasteiger partial charge in [-0.3, -0.25) is 9.59 Å². The van der Waals surface area contributed by atoms with Gasteiger partial charge in [0.2, 0.25) is 0 Å². The van der Waals surface area contributed by atoms with Gasteiger partial charge in [-0.15, -0.1) is 0 Å². The van der Waals surface area contributed by atoms with Crippen LogP contribution in [0.1, 0.15) is 13.8 Å². The first-order chi connectivity index (χ1) is 12.6. The van der Waals surface area contributed by atoms with Gasteiger partial charge in [-0.05, 0) is 39.1 Å². The lowest BCUT2D eigenvalue weighted by Crippen LogP contribution is -2.07. The van der Waals surface area contributed by atoms with Gasteiger partial charge in [0.05, 0.1) is 0 Å². The maximum Gasteiger partial charge on any atom is 0.308 e. The molecule has 0 aromatic heterocycles. The summed E-state index contributed by atoms with van der Waals surface area (Å²) in [4.78, 5) is 23.2. The standard InChI is InChI=1S/C22H16O4/c1-13(23)25-20-12-11-19-17-9-4-3-7-15(17)16-8-5-6-10-18(16)21(19)22(20)26-14(2)24/h3-12H,1-2H3. The minimum Gasteiger partial charge on any atom is -0.423 e. The minimum atomic E-state index is -0.470. The zero-order chi connectivity index (χ0) is 18.3. The topological polar surface area (TPSA) is 52.6 Å². The van der Waals surface area contributed by atoms with Crippen molar-refractivity contribution in [3.8, 4) is 11.5 Å². The molecule has 26 heavy (non-hydrogen) atoms. The molecule has 0 radical (unpaired) electrons. The lowest BCUT2D eigenvalue weighted by molar-refractivity contribution is -0.134. The second-order valence-corrected chi connectivity index (χ2v) is 6.09. The Morgan fingerprint density at radius 2 is 1.08 bits per heavy atom. The molecule has 0 bridgehead atoms. The summed E-state index contributed by atoms with van der Waals surface area (Å²) in [6.45, 7) is 2.65. The predicted molar refractivity (Wildman–Crippen MR) is 102 cm³/mol.